The Labute approximate surface area is 105 Å². The fourth-order valence-corrected chi connectivity index (χ4v) is 2.25. The summed E-state index contributed by atoms with van der Waals surface area (Å²) in [6, 6.07) is 2.62. The number of aromatic nitrogens is 2. The number of nitrogens with one attached hydrogen (secondary N) is 1. The number of nitrogens with zero attached hydrogens (tertiary/aromatic N) is 2. The number of aryl methyl sites for hydroxylation is 2. The molecule has 1 unspecified atom stereocenters. The Balaban J connectivity index is 2.70. The molecule has 1 atom stereocenters. The minimum Gasteiger partial charge on any atom is -0.314 e. The Morgan fingerprint density at radius 3 is 2.47 bits per heavy atom. The Morgan fingerprint density at radius 1 is 1.24 bits per heavy atom. The van der Waals surface area contributed by atoms with Gasteiger partial charge in [0.1, 0.15) is 5.82 Å². The van der Waals surface area contributed by atoms with Gasteiger partial charge in [0, 0.05) is 23.9 Å². The molecule has 0 amide bonds. The van der Waals surface area contributed by atoms with E-state index in [1.807, 2.05) is 13.8 Å². The highest BCUT2D eigenvalue weighted by Gasteiger charge is 2.12. The molecule has 0 aliphatic rings. The largest absolute Gasteiger partial charge is 0.314 e. The second-order valence-corrected chi connectivity index (χ2v) is 5.14. The monoisotopic (exact) mass is 235 g/mol. The van der Waals surface area contributed by atoms with Crippen LogP contribution in [0.15, 0.2) is 6.07 Å². The van der Waals surface area contributed by atoms with Gasteiger partial charge in [-0.15, -0.1) is 0 Å². The fourth-order valence-electron chi connectivity index (χ4n) is 2.25. The molecule has 0 aliphatic carbocycles. The quantitative estimate of drug-likeness (QED) is 0.823. The van der Waals surface area contributed by atoms with Crippen LogP contribution >= 0.6 is 0 Å². The topological polar surface area (TPSA) is 37.8 Å². The van der Waals surface area contributed by atoms with E-state index in [9.17, 15) is 0 Å². The van der Waals surface area contributed by atoms with Gasteiger partial charge in [0.05, 0.1) is 0 Å². The first-order valence-corrected chi connectivity index (χ1v) is 6.55. The molecule has 96 valence electrons. The summed E-state index contributed by atoms with van der Waals surface area (Å²) in [5.74, 6) is 1.59. The minimum absolute atomic E-state index is 0.522. The first-order valence-electron chi connectivity index (χ1n) is 6.55. The van der Waals surface area contributed by atoms with E-state index in [1.165, 1.54) is 6.42 Å². The molecule has 3 nitrogen and oxygen atoms in total. The molecule has 0 fully saturated rings. The van der Waals surface area contributed by atoms with E-state index in [0.29, 0.717) is 12.0 Å². The minimum atomic E-state index is 0.522. The van der Waals surface area contributed by atoms with E-state index in [4.69, 9.17) is 0 Å². The van der Waals surface area contributed by atoms with Crippen LogP contribution in [0.4, 0.5) is 0 Å². The van der Waals surface area contributed by atoms with Crippen LogP contribution in [0.2, 0.25) is 0 Å². The van der Waals surface area contributed by atoms with Gasteiger partial charge in [0.2, 0.25) is 0 Å². The van der Waals surface area contributed by atoms with Crippen LogP contribution in [0.3, 0.4) is 0 Å². The molecular weight excluding hydrogens is 210 g/mol. The van der Waals surface area contributed by atoms with Crippen molar-refractivity contribution >= 4 is 0 Å². The second-order valence-electron chi connectivity index (χ2n) is 5.14. The molecule has 0 saturated heterocycles. The zero-order valence-electron chi connectivity index (χ0n) is 11.7. The van der Waals surface area contributed by atoms with Gasteiger partial charge in [-0.05, 0) is 38.8 Å². The van der Waals surface area contributed by atoms with Crippen LogP contribution in [0.1, 0.15) is 44.4 Å². The van der Waals surface area contributed by atoms with Gasteiger partial charge in [-0.2, -0.15) is 0 Å². The van der Waals surface area contributed by atoms with Crippen LogP contribution in [0.5, 0.6) is 0 Å². The lowest BCUT2D eigenvalue weighted by molar-refractivity contribution is 0.421. The summed E-state index contributed by atoms with van der Waals surface area (Å²) >= 11 is 0. The lowest BCUT2D eigenvalue weighted by Crippen LogP contribution is -2.32. The fraction of sp³-hybridized carbons (Fsp3) is 0.714. The van der Waals surface area contributed by atoms with Crippen molar-refractivity contribution in [1.82, 2.24) is 15.3 Å². The van der Waals surface area contributed by atoms with Crippen molar-refractivity contribution in [3.05, 3.63) is 23.3 Å². The zero-order chi connectivity index (χ0) is 12.8. The van der Waals surface area contributed by atoms with Gasteiger partial charge >= 0.3 is 0 Å². The smallest absolute Gasteiger partial charge is 0.125 e. The van der Waals surface area contributed by atoms with Gasteiger partial charge in [-0.3, -0.25) is 0 Å². The molecule has 1 heterocycles. The maximum Gasteiger partial charge on any atom is 0.125 e. The van der Waals surface area contributed by atoms with Gasteiger partial charge in [0.15, 0.2) is 0 Å². The first-order chi connectivity index (χ1) is 8.01. The molecule has 1 aromatic heterocycles. The molecule has 0 spiro atoms. The summed E-state index contributed by atoms with van der Waals surface area (Å²) in [5, 5.41) is 3.54. The predicted octanol–water partition coefficient (Wildman–Crippen LogP) is 2.66. The van der Waals surface area contributed by atoms with E-state index in [-0.39, 0.29) is 0 Å². The molecule has 0 aliphatic heterocycles. The van der Waals surface area contributed by atoms with Crippen molar-refractivity contribution in [1.29, 1.82) is 0 Å². The van der Waals surface area contributed by atoms with Crippen LogP contribution < -0.4 is 5.32 Å². The van der Waals surface area contributed by atoms with Gasteiger partial charge in [0.25, 0.3) is 0 Å². The summed E-state index contributed by atoms with van der Waals surface area (Å²) in [6.07, 6.45) is 2.19. The van der Waals surface area contributed by atoms with Crippen LogP contribution in [-0.2, 0) is 6.42 Å². The molecule has 17 heavy (non-hydrogen) atoms. The highest BCUT2D eigenvalue weighted by molar-refractivity contribution is 5.10. The van der Waals surface area contributed by atoms with E-state index in [0.717, 1.165) is 30.2 Å². The van der Waals surface area contributed by atoms with Crippen molar-refractivity contribution in [2.75, 3.05) is 6.54 Å². The van der Waals surface area contributed by atoms with E-state index in [1.54, 1.807) is 0 Å². The molecule has 3 heteroatoms. The van der Waals surface area contributed by atoms with Gasteiger partial charge < -0.3 is 5.32 Å². The molecule has 0 bridgehead atoms. The summed E-state index contributed by atoms with van der Waals surface area (Å²) in [6.45, 7) is 11.7. The SMILES string of the molecule is CCNC(Cc1cc(C)nc(C)n1)CC(C)C. The normalized spacial score (nSPS) is 13.1. The molecule has 1 aromatic rings. The average molecular weight is 235 g/mol. The van der Waals surface area contributed by atoms with E-state index in [2.05, 4.69) is 42.1 Å². The molecule has 1 N–H and O–H groups in total. The van der Waals surface area contributed by atoms with Crippen molar-refractivity contribution in [2.24, 2.45) is 5.92 Å². The third-order valence-corrected chi connectivity index (χ3v) is 2.72. The second kappa shape index (κ2) is 6.70. The lowest BCUT2D eigenvalue weighted by Gasteiger charge is -2.19. The summed E-state index contributed by atoms with van der Waals surface area (Å²) in [7, 11) is 0. The predicted molar refractivity (Wildman–Crippen MR) is 72.1 cm³/mol. The third-order valence-electron chi connectivity index (χ3n) is 2.72. The zero-order valence-corrected chi connectivity index (χ0v) is 11.7. The maximum atomic E-state index is 4.51. The third kappa shape index (κ3) is 5.26. The van der Waals surface area contributed by atoms with E-state index < -0.39 is 0 Å². The van der Waals surface area contributed by atoms with Gasteiger partial charge in [-0.25, -0.2) is 9.97 Å². The molecular formula is C14H25N3. The Hall–Kier alpha value is -0.960. The van der Waals surface area contributed by atoms with Crippen LogP contribution in [0.25, 0.3) is 0 Å². The number of likely N-dealkylation sites (N-methyl/N-ethyl adjacent to an activating group) is 1. The molecule has 0 radical (unpaired) electrons. The average Bonchev–Trinajstić information content (AvgIpc) is 2.14. The summed E-state index contributed by atoms with van der Waals surface area (Å²) in [4.78, 5) is 8.83. The van der Waals surface area contributed by atoms with Crippen molar-refractivity contribution in [2.45, 2.75) is 53.5 Å². The molecule has 0 aromatic carbocycles. The maximum absolute atomic E-state index is 4.51. The number of hydrogen-bond acceptors (Lipinski definition) is 3. The molecule has 0 saturated carbocycles. The highest BCUT2D eigenvalue weighted by Crippen LogP contribution is 2.10. The van der Waals surface area contributed by atoms with Crippen LogP contribution in [0, 0.1) is 19.8 Å². The van der Waals surface area contributed by atoms with Crippen LogP contribution in [-0.4, -0.2) is 22.6 Å². The summed E-state index contributed by atoms with van der Waals surface area (Å²) in [5.41, 5.74) is 2.22. The standard InChI is InChI=1S/C14H25N3/c1-6-15-13(7-10(2)3)9-14-8-11(4)16-12(5)17-14/h8,10,13,15H,6-7,9H2,1-5H3. The number of hydrogen-bond donors (Lipinski definition) is 1. The Kier molecular flexibility index (Phi) is 5.56. The molecule has 1 rings (SSSR count). The highest BCUT2D eigenvalue weighted by atomic mass is 14.9. The lowest BCUT2D eigenvalue weighted by atomic mass is 9.99. The van der Waals surface area contributed by atoms with Crippen molar-refractivity contribution in [3.63, 3.8) is 0 Å². The Bertz CT molecular complexity index is 327. The number of rotatable bonds is 6. The summed E-state index contributed by atoms with van der Waals surface area (Å²) < 4.78 is 0. The van der Waals surface area contributed by atoms with Crippen molar-refractivity contribution in [3.8, 4) is 0 Å². The van der Waals surface area contributed by atoms with Crippen molar-refractivity contribution < 1.29 is 0 Å². The first kappa shape index (κ1) is 14.1. The van der Waals surface area contributed by atoms with Gasteiger partial charge in [-0.1, -0.05) is 20.8 Å². The van der Waals surface area contributed by atoms with E-state index >= 15 is 0 Å². The Morgan fingerprint density at radius 2 is 1.94 bits per heavy atom.